The minimum Gasteiger partial charge on any atom is -0.377 e. The number of aliphatic hydroxyl groups excluding tert-OH is 1. The highest BCUT2D eigenvalue weighted by molar-refractivity contribution is 6.07. The van der Waals surface area contributed by atoms with Crippen molar-refractivity contribution < 1.29 is 27.9 Å². The molecule has 5 atom stereocenters. The predicted molar refractivity (Wildman–Crippen MR) is 118 cm³/mol. The van der Waals surface area contributed by atoms with Crippen molar-refractivity contribution in [3.05, 3.63) is 64.5 Å². The zero-order chi connectivity index (χ0) is 25.1. The van der Waals surface area contributed by atoms with Gasteiger partial charge in [0.2, 0.25) is 0 Å². The van der Waals surface area contributed by atoms with E-state index in [9.17, 15) is 27.9 Å². The van der Waals surface area contributed by atoms with Gasteiger partial charge in [-0.05, 0) is 48.6 Å². The molecule has 2 bridgehead atoms. The van der Waals surface area contributed by atoms with Crippen molar-refractivity contribution in [2.24, 2.45) is 11.8 Å². The van der Waals surface area contributed by atoms with Crippen LogP contribution >= 0.6 is 0 Å². The Hall–Kier alpha value is -3.67. The molecular weight excluding hydrogens is 477 g/mol. The number of nitrogens with one attached hydrogen (secondary N) is 3. The minimum absolute atomic E-state index is 0.132. The molecule has 12 heteroatoms. The number of carbonyl (C=O) groups excluding carboxylic acids is 2. The molecule has 2 amide bonds. The third kappa shape index (κ3) is 2.81. The van der Waals surface area contributed by atoms with Crippen LogP contribution in [0.1, 0.15) is 63.9 Å². The van der Waals surface area contributed by atoms with Crippen LogP contribution in [0.5, 0.6) is 0 Å². The summed E-state index contributed by atoms with van der Waals surface area (Å²) in [7, 11) is 0. The van der Waals surface area contributed by atoms with Gasteiger partial charge in [0.25, 0.3) is 17.7 Å². The van der Waals surface area contributed by atoms with Crippen LogP contribution in [-0.4, -0.2) is 42.8 Å². The first kappa shape index (κ1) is 21.6. The molecule has 2 aliphatic heterocycles. The second kappa shape index (κ2) is 6.75. The number of aromatic amines is 1. The lowest BCUT2D eigenvalue weighted by Crippen LogP contribution is -2.60. The number of nitrogens with zero attached hydrogens (tertiary/aromatic N) is 3. The van der Waals surface area contributed by atoms with Gasteiger partial charge in [-0.25, -0.2) is 13.2 Å². The first-order valence-electron chi connectivity index (χ1n) is 11.7. The SMILES string of the molecule is Cc1c(C(=O)Nc2ccc(F)cc2)c2n(c1C(O)C(=O)NC1(c3cnn[nH]3)CC(F)(F)C1)C1C3[C@H]1[C@H]23. The van der Waals surface area contributed by atoms with Gasteiger partial charge in [0.15, 0.2) is 6.10 Å². The fourth-order valence-corrected chi connectivity index (χ4v) is 6.47. The number of halogens is 3. The first-order valence-corrected chi connectivity index (χ1v) is 11.7. The zero-order valence-electron chi connectivity index (χ0n) is 18.9. The molecule has 5 aliphatic rings. The molecule has 3 saturated carbocycles. The average molecular weight is 498 g/mol. The second-order valence-corrected chi connectivity index (χ2v) is 10.3. The van der Waals surface area contributed by atoms with E-state index >= 15 is 0 Å². The van der Waals surface area contributed by atoms with Crippen molar-refractivity contribution in [3.8, 4) is 0 Å². The van der Waals surface area contributed by atoms with Crippen molar-refractivity contribution in [2.75, 3.05) is 5.32 Å². The van der Waals surface area contributed by atoms with E-state index in [1.165, 1.54) is 30.5 Å². The summed E-state index contributed by atoms with van der Waals surface area (Å²) in [4.78, 5) is 26.5. The van der Waals surface area contributed by atoms with Gasteiger partial charge in [-0.15, -0.1) is 5.10 Å². The fourth-order valence-electron chi connectivity index (χ4n) is 6.47. The van der Waals surface area contributed by atoms with Crippen molar-refractivity contribution in [3.63, 3.8) is 0 Å². The highest BCUT2D eigenvalue weighted by Crippen LogP contribution is 2.86. The molecule has 36 heavy (non-hydrogen) atoms. The van der Waals surface area contributed by atoms with Gasteiger partial charge in [0, 0.05) is 36.2 Å². The molecule has 9 nitrogen and oxygen atoms in total. The number of rotatable bonds is 6. The maximum Gasteiger partial charge on any atom is 0.257 e. The molecule has 8 rings (SSSR count). The number of benzene rings is 1. The smallest absolute Gasteiger partial charge is 0.257 e. The zero-order valence-corrected chi connectivity index (χ0v) is 18.9. The summed E-state index contributed by atoms with van der Waals surface area (Å²) < 4.78 is 42.9. The van der Waals surface area contributed by atoms with Crippen LogP contribution in [0.4, 0.5) is 18.9 Å². The summed E-state index contributed by atoms with van der Waals surface area (Å²) in [6.07, 6.45) is -1.68. The normalized spacial score (nSPS) is 27.9. The molecule has 4 N–H and O–H groups in total. The summed E-state index contributed by atoms with van der Waals surface area (Å²) in [5.41, 5.74) is 1.16. The molecular formula is C24H21F3N6O3. The maximum atomic E-state index is 13.9. The van der Waals surface area contributed by atoms with Gasteiger partial charge in [-0.2, -0.15) is 0 Å². The first-order chi connectivity index (χ1) is 17.1. The number of amides is 2. The van der Waals surface area contributed by atoms with E-state index in [-0.39, 0.29) is 17.7 Å². The molecule has 0 spiro atoms. The van der Waals surface area contributed by atoms with Crippen molar-refractivity contribution in [1.29, 1.82) is 0 Å². The van der Waals surface area contributed by atoms with Gasteiger partial charge in [0.05, 0.1) is 28.7 Å². The van der Waals surface area contributed by atoms with Crippen LogP contribution in [0.3, 0.4) is 0 Å². The van der Waals surface area contributed by atoms with E-state index in [1.807, 2.05) is 4.57 Å². The number of anilines is 1. The number of hydrogen-bond donors (Lipinski definition) is 4. The summed E-state index contributed by atoms with van der Waals surface area (Å²) in [5.74, 6) is -3.63. The third-order valence-electron chi connectivity index (χ3n) is 8.18. The van der Waals surface area contributed by atoms with Crippen molar-refractivity contribution in [2.45, 2.75) is 49.3 Å². The molecule has 186 valence electrons. The number of aromatic nitrogens is 4. The average Bonchev–Trinajstić information content (AvgIpc) is 3.38. The molecule has 3 aliphatic carbocycles. The van der Waals surface area contributed by atoms with Gasteiger partial charge in [0.1, 0.15) is 5.82 Å². The molecule has 1 aromatic carbocycles. The number of carbonyl (C=O) groups is 2. The molecule has 0 saturated heterocycles. The van der Waals surface area contributed by atoms with Gasteiger partial charge >= 0.3 is 0 Å². The lowest BCUT2D eigenvalue weighted by atomic mass is 9.71. The van der Waals surface area contributed by atoms with E-state index in [0.29, 0.717) is 34.3 Å². The Labute approximate surface area is 202 Å². The van der Waals surface area contributed by atoms with Crippen LogP contribution in [0.2, 0.25) is 0 Å². The molecule has 3 fully saturated rings. The third-order valence-corrected chi connectivity index (χ3v) is 8.18. The number of aliphatic hydroxyl groups is 1. The molecule has 2 aromatic heterocycles. The number of alkyl halides is 2. The number of H-pyrrole nitrogens is 1. The van der Waals surface area contributed by atoms with Crippen LogP contribution in [0, 0.1) is 24.6 Å². The minimum atomic E-state index is -2.97. The number of hydrogen-bond acceptors (Lipinski definition) is 5. The van der Waals surface area contributed by atoms with Crippen LogP contribution in [-0.2, 0) is 10.3 Å². The van der Waals surface area contributed by atoms with E-state index < -0.39 is 48.0 Å². The molecule has 0 radical (unpaired) electrons. The topological polar surface area (TPSA) is 125 Å². The highest BCUT2D eigenvalue weighted by atomic mass is 19.3. The Balaban J connectivity index is 1.20. The molecule has 3 unspecified atom stereocenters. The highest BCUT2D eigenvalue weighted by Gasteiger charge is 2.81. The molecule has 3 aromatic rings. The van der Waals surface area contributed by atoms with Gasteiger partial charge in [-0.3, -0.25) is 14.7 Å². The van der Waals surface area contributed by atoms with Gasteiger partial charge < -0.3 is 20.3 Å². The quantitative estimate of drug-likeness (QED) is 0.416. The van der Waals surface area contributed by atoms with Crippen molar-refractivity contribution in [1.82, 2.24) is 25.3 Å². The lowest BCUT2D eigenvalue weighted by Gasteiger charge is -2.46. The maximum absolute atomic E-state index is 13.9. The Morgan fingerprint density at radius 2 is 1.92 bits per heavy atom. The fraction of sp³-hybridized carbons (Fsp3) is 0.417. The Bertz CT molecular complexity index is 1420. The van der Waals surface area contributed by atoms with Crippen molar-refractivity contribution >= 4 is 17.5 Å². The van der Waals surface area contributed by atoms with Gasteiger partial charge in [-0.1, -0.05) is 5.21 Å². The van der Waals surface area contributed by atoms with Crippen LogP contribution < -0.4 is 10.6 Å². The summed E-state index contributed by atoms with van der Waals surface area (Å²) in [5, 5.41) is 26.3. The predicted octanol–water partition coefficient (Wildman–Crippen LogP) is 2.68. The van der Waals surface area contributed by atoms with E-state index in [0.717, 1.165) is 5.69 Å². The second-order valence-electron chi connectivity index (χ2n) is 10.3. The Morgan fingerprint density at radius 1 is 1.22 bits per heavy atom. The summed E-state index contributed by atoms with van der Waals surface area (Å²) >= 11 is 0. The Kier molecular flexibility index (Phi) is 4.05. The van der Waals surface area contributed by atoms with Crippen LogP contribution in [0.25, 0.3) is 0 Å². The largest absolute Gasteiger partial charge is 0.377 e. The summed E-state index contributed by atoms with van der Waals surface area (Å²) in [6, 6.07) is 5.51. The standard InChI is InChI=1S/C24H21F3N6O3/c1-9-13(21(35)29-11-4-2-10(25)3-5-11)18-14-15-16(14)19(15)33(18)17(9)20(34)22(36)30-23(7-24(26,27)8-23)12-6-28-32-31-12/h2-6,14-16,19-20,34H,7-8H2,1H3,(H,29,35)(H,30,36)(H,28,31,32)/t14-,15+,16?,19?,20?/m0/s1. The monoisotopic (exact) mass is 498 g/mol. The van der Waals surface area contributed by atoms with E-state index in [4.69, 9.17) is 0 Å². The molecule has 4 heterocycles. The Morgan fingerprint density at radius 3 is 2.53 bits per heavy atom. The summed E-state index contributed by atoms with van der Waals surface area (Å²) in [6.45, 7) is 1.66. The van der Waals surface area contributed by atoms with E-state index in [2.05, 4.69) is 26.0 Å². The van der Waals surface area contributed by atoms with Crippen LogP contribution in [0.15, 0.2) is 30.5 Å². The van der Waals surface area contributed by atoms with E-state index in [1.54, 1.807) is 6.92 Å². The lowest BCUT2D eigenvalue weighted by molar-refractivity contribution is -0.156.